The number of likely N-dealkylation sites (N-methyl/N-ethyl adjacent to an activating group) is 1. The first-order valence-electron chi connectivity index (χ1n) is 11.0. The van der Waals surface area contributed by atoms with Crippen LogP contribution in [-0.4, -0.2) is 62.7 Å². The van der Waals surface area contributed by atoms with E-state index in [-0.39, 0.29) is 11.9 Å². The standard InChI is InChI=1S/C23H25N7O3S/c1-14-19(8-16(10-25-14)27-23(32)33-13-17-4-3-7-29(17)2)28-21(31)18-11-26-30-12-20(34-22(18)30)15-5-6-24-9-15/h5-6,8-12,17,24H,3-4,7,13H2,1-2H3,(H,27,32)(H,28,31). The van der Waals surface area contributed by atoms with E-state index in [0.717, 1.165) is 34.7 Å². The number of carbonyl (C=O) groups excluding carboxylic acids is 2. The zero-order chi connectivity index (χ0) is 23.7. The van der Waals surface area contributed by atoms with Crippen LogP contribution in [0.1, 0.15) is 28.9 Å². The third-order valence-electron chi connectivity index (χ3n) is 5.98. The number of likely N-dealkylation sites (tertiary alicyclic amines) is 1. The van der Waals surface area contributed by atoms with Gasteiger partial charge < -0.3 is 19.9 Å². The average Bonchev–Trinajstić information content (AvgIpc) is 3.59. The number of amides is 2. The van der Waals surface area contributed by atoms with Crippen molar-refractivity contribution in [2.75, 3.05) is 30.8 Å². The summed E-state index contributed by atoms with van der Waals surface area (Å²) in [5, 5.41) is 9.90. The number of carbonyl (C=O) groups is 2. The molecule has 1 unspecified atom stereocenters. The van der Waals surface area contributed by atoms with Crippen molar-refractivity contribution < 1.29 is 14.3 Å². The number of aromatic nitrogens is 4. The van der Waals surface area contributed by atoms with E-state index in [1.54, 1.807) is 23.7 Å². The first-order valence-corrected chi connectivity index (χ1v) is 11.8. The molecule has 0 aromatic carbocycles. The summed E-state index contributed by atoms with van der Waals surface area (Å²) in [6.07, 6.45) is 10.3. The predicted octanol–water partition coefficient (Wildman–Crippen LogP) is 3.99. The molecule has 5 rings (SSSR count). The zero-order valence-corrected chi connectivity index (χ0v) is 19.7. The SMILES string of the molecule is Cc1ncc(NC(=O)OCC2CCCN2C)cc1NC(=O)c1cnn2cc(-c3cc[nH]c3)sc12. The molecular formula is C23H25N7O3S. The van der Waals surface area contributed by atoms with Gasteiger partial charge in [-0.05, 0) is 45.5 Å². The van der Waals surface area contributed by atoms with Gasteiger partial charge in [0, 0.05) is 30.2 Å². The fourth-order valence-electron chi connectivity index (χ4n) is 3.99. The Kier molecular flexibility index (Phi) is 6.03. The number of thiazole rings is 1. The molecule has 0 aliphatic carbocycles. The van der Waals surface area contributed by atoms with E-state index in [1.807, 2.05) is 31.7 Å². The molecule has 0 bridgehead atoms. The number of H-pyrrole nitrogens is 1. The summed E-state index contributed by atoms with van der Waals surface area (Å²) in [7, 11) is 2.03. The lowest BCUT2D eigenvalue weighted by molar-refractivity contribution is 0.102. The predicted molar refractivity (Wildman–Crippen MR) is 130 cm³/mol. The Morgan fingerprint density at radius 2 is 2.21 bits per heavy atom. The number of pyridine rings is 1. The molecule has 1 aliphatic heterocycles. The molecule has 176 valence electrons. The summed E-state index contributed by atoms with van der Waals surface area (Å²) in [4.78, 5) is 36.6. The minimum absolute atomic E-state index is 0.250. The second-order valence-electron chi connectivity index (χ2n) is 8.31. The average molecular weight is 480 g/mol. The van der Waals surface area contributed by atoms with Crippen molar-refractivity contribution in [1.29, 1.82) is 0 Å². The minimum Gasteiger partial charge on any atom is -0.448 e. The topological polar surface area (TPSA) is 117 Å². The van der Waals surface area contributed by atoms with Crippen LogP contribution in [0.25, 0.3) is 15.3 Å². The van der Waals surface area contributed by atoms with Gasteiger partial charge in [0.25, 0.3) is 5.91 Å². The highest BCUT2D eigenvalue weighted by Crippen LogP contribution is 2.30. The van der Waals surface area contributed by atoms with E-state index in [1.165, 1.54) is 17.5 Å². The summed E-state index contributed by atoms with van der Waals surface area (Å²) >= 11 is 1.49. The van der Waals surface area contributed by atoms with Gasteiger partial charge in [-0.3, -0.25) is 15.1 Å². The number of hydrogen-bond acceptors (Lipinski definition) is 7. The van der Waals surface area contributed by atoms with E-state index in [2.05, 4.69) is 30.6 Å². The first kappa shape index (κ1) is 22.1. The Balaban J connectivity index is 1.26. The van der Waals surface area contributed by atoms with E-state index in [0.29, 0.717) is 29.2 Å². The fourth-order valence-corrected chi connectivity index (χ4v) is 5.04. The van der Waals surface area contributed by atoms with Crippen LogP contribution < -0.4 is 10.6 Å². The lowest BCUT2D eigenvalue weighted by Gasteiger charge is -2.19. The maximum atomic E-state index is 13.0. The number of nitrogens with zero attached hydrogens (tertiary/aromatic N) is 4. The smallest absolute Gasteiger partial charge is 0.411 e. The minimum atomic E-state index is -0.544. The summed E-state index contributed by atoms with van der Waals surface area (Å²) < 4.78 is 7.07. The van der Waals surface area contributed by atoms with Gasteiger partial charge in [-0.2, -0.15) is 5.10 Å². The van der Waals surface area contributed by atoms with E-state index in [9.17, 15) is 9.59 Å². The van der Waals surface area contributed by atoms with Crippen molar-refractivity contribution in [2.45, 2.75) is 25.8 Å². The number of fused-ring (bicyclic) bond motifs is 1. The van der Waals surface area contributed by atoms with Crippen LogP contribution in [-0.2, 0) is 4.74 Å². The number of nitrogens with one attached hydrogen (secondary N) is 3. The lowest BCUT2D eigenvalue weighted by Crippen LogP contribution is -2.31. The van der Waals surface area contributed by atoms with Crippen molar-refractivity contribution >= 4 is 39.5 Å². The first-order chi connectivity index (χ1) is 16.5. The highest BCUT2D eigenvalue weighted by atomic mass is 32.1. The van der Waals surface area contributed by atoms with Crippen molar-refractivity contribution in [3.05, 3.63) is 54.4 Å². The van der Waals surface area contributed by atoms with E-state index < -0.39 is 6.09 Å². The van der Waals surface area contributed by atoms with Crippen LogP contribution in [0.5, 0.6) is 0 Å². The molecular weight excluding hydrogens is 454 g/mol. The molecule has 0 radical (unpaired) electrons. The second kappa shape index (κ2) is 9.27. The fraction of sp³-hybridized carbons (Fsp3) is 0.304. The molecule has 1 fully saturated rings. The van der Waals surface area contributed by atoms with Gasteiger partial charge in [0.15, 0.2) is 0 Å². The van der Waals surface area contributed by atoms with Crippen molar-refractivity contribution in [2.24, 2.45) is 0 Å². The Morgan fingerprint density at radius 1 is 1.32 bits per heavy atom. The van der Waals surface area contributed by atoms with Crippen molar-refractivity contribution in [1.82, 2.24) is 24.5 Å². The summed E-state index contributed by atoms with van der Waals surface area (Å²) in [6, 6.07) is 3.89. The van der Waals surface area contributed by atoms with E-state index >= 15 is 0 Å². The number of aromatic amines is 1. The molecule has 1 aliphatic rings. The molecule has 1 atom stereocenters. The molecule has 0 spiro atoms. The third kappa shape index (κ3) is 4.52. The van der Waals surface area contributed by atoms with Gasteiger partial charge in [0.2, 0.25) is 0 Å². The Labute approximate surface area is 199 Å². The van der Waals surface area contributed by atoms with Crippen LogP contribution in [0, 0.1) is 6.92 Å². The van der Waals surface area contributed by atoms with Crippen molar-refractivity contribution in [3.8, 4) is 10.4 Å². The van der Waals surface area contributed by atoms with Gasteiger partial charge in [0.05, 0.1) is 39.9 Å². The number of rotatable bonds is 6. The molecule has 11 heteroatoms. The van der Waals surface area contributed by atoms with Gasteiger partial charge >= 0.3 is 6.09 Å². The van der Waals surface area contributed by atoms with Gasteiger partial charge in [0.1, 0.15) is 11.4 Å². The highest BCUT2D eigenvalue weighted by molar-refractivity contribution is 7.21. The summed E-state index contributed by atoms with van der Waals surface area (Å²) in [5.41, 5.74) is 3.07. The number of ether oxygens (including phenoxy) is 1. The number of aryl methyl sites for hydroxylation is 1. The normalized spacial score (nSPS) is 16.1. The maximum Gasteiger partial charge on any atom is 0.411 e. The molecule has 34 heavy (non-hydrogen) atoms. The third-order valence-corrected chi connectivity index (χ3v) is 7.14. The summed E-state index contributed by atoms with van der Waals surface area (Å²) in [6.45, 7) is 3.15. The molecule has 5 heterocycles. The molecule has 3 N–H and O–H groups in total. The van der Waals surface area contributed by atoms with Gasteiger partial charge in [-0.15, -0.1) is 11.3 Å². The quantitative estimate of drug-likeness (QED) is 0.385. The monoisotopic (exact) mass is 479 g/mol. The molecule has 10 nitrogen and oxygen atoms in total. The van der Waals surface area contributed by atoms with Crippen LogP contribution in [0.3, 0.4) is 0 Å². The Hall–Kier alpha value is -3.70. The van der Waals surface area contributed by atoms with Crippen LogP contribution in [0.15, 0.2) is 43.1 Å². The van der Waals surface area contributed by atoms with Crippen LogP contribution >= 0.6 is 11.3 Å². The lowest BCUT2D eigenvalue weighted by atomic mass is 10.2. The molecule has 4 aromatic heterocycles. The van der Waals surface area contributed by atoms with Gasteiger partial charge in [-0.1, -0.05) is 0 Å². The van der Waals surface area contributed by atoms with Crippen LogP contribution in [0.2, 0.25) is 0 Å². The van der Waals surface area contributed by atoms with E-state index in [4.69, 9.17) is 4.74 Å². The van der Waals surface area contributed by atoms with Crippen molar-refractivity contribution in [3.63, 3.8) is 0 Å². The molecule has 4 aromatic rings. The Morgan fingerprint density at radius 3 is 2.97 bits per heavy atom. The molecule has 2 amide bonds. The maximum absolute atomic E-state index is 13.0. The molecule has 1 saturated heterocycles. The summed E-state index contributed by atoms with van der Waals surface area (Å²) in [5.74, 6) is -0.300. The zero-order valence-electron chi connectivity index (χ0n) is 18.9. The highest BCUT2D eigenvalue weighted by Gasteiger charge is 2.22. The molecule has 0 saturated carbocycles. The second-order valence-corrected chi connectivity index (χ2v) is 9.34. The van der Waals surface area contributed by atoms with Gasteiger partial charge in [-0.25, -0.2) is 9.31 Å². The van der Waals surface area contributed by atoms with Crippen LogP contribution in [0.4, 0.5) is 16.2 Å². The Bertz CT molecular complexity index is 1330. The number of anilines is 2. The number of hydrogen-bond donors (Lipinski definition) is 3. The largest absolute Gasteiger partial charge is 0.448 e.